The summed E-state index contributed by atoms with van der Waals surface area (Å²) in [4.78, 5) is 58.2. The number of rotatable bonds is 15. The lowest BCUT2D eigenvalue weighted by molar-refractivity contribution is -0.651. The van der Waals surface area contributed by atoms with Crippen LogP contribution >= 0.6 is 12.6 Å². The Labute approximate surface area is 482 Å². The number of aryl methyl sites for hydroxylation is 1. The molecule has 13 heteroatoms. The van der Waals surface area contributed by atoms with Crippen molar-refractivity contribution in [3.8, 4) is 5.75 Å². The average Bonchev–Trinajstić information content (AvgIpc) is 4.06. The second kappa shape index (κ2) is 23.3. The fourth-order valence-corrected chi connectivity index (χ4v) is 11.5. The highest BCUT2D eigenvalue weighted by Gasteiger charge is 2.36. The molecule has 1 unspecified atom stereocenters. The molecule has 5 aliphatic rings. The number of amides is 1. The zero-order valence-corrected chi connectivity index (χ0v) is 46.4. The van der Waals surface area contributed by atoms with E-state index in [1.807, 2.05) is 79.7 Å². The van der Waals surface area contributed by atoms with Crippen molar-refractivity contribution in [2.75, 3.05) is 28.3 Å². The number of unbranched alkanes of at least 4 members (excludes halogenated alkanes) is 1. The van der Waals surface area contributed by atoms with Gasteiger partial charge in [-0.25, -0.2) is 0 Å². The van der Waals surface area contributed by atoms with Crippen molar-refractivity contribution in [1.82, 2.24) is 5.32 Å². The van der Waals surface area contributed by atoms with Gasteiger partial charge in [0.15, 0.2) is 17.3 Å². The molecule has 2 aliphatic carbocycles. The second-order valence-electron chi connectivity index (χ2n) is 20.8. The Hall–Kier alpha value is -9.46. The molecule has 82 heavy (non-hydrogen) atoms. The number of aromatic nitrogens is 1. The topological polar surface area (TPSA) is 126 Å². The zero-order chi connectivity index (χ0) is 56.3. The van der Waals surface area contributed by atoms with Gasteiger partial charge in [0, 0.05) is 96.1 Å². The van der Waals surface area contributed by atoms with Crippen LogP contribution in [0.1, 0.15) is 62.0 Å². The van der Waals surface area contributed by atoms with Gasteiger partial charge in [-0.2, -0.15) is 4.57 Å². The summed E-state index contributed by atoms with van der Waals surface area (Å²) in [5, 5.41) is 3.10. The van der Waals surface area contributed by atoms with Gasteiger partial charge < -0.3 is 33.9 Å². The number of hydrogen-bond donors (Lipinski definition) is 2. The summed E-state index contributed by atoms with van der Waals surface area (Å²) < 4.78 is 20.3. The summed E-state index contributed by atoms with van der Waals surface area (Å²) in [5.41, 5.74) is 14.6. The number of esters is 1. The Kier molecular flexibility index (Phi) is 15.1. The Morgan fingerprint density at radius 1 is 0.732 bits per heavy atom. The summed E-state index contributed by atoms with van der Waals surface area (Å²) in [6, 6.07) is 51.5. The van der Waals surface area contributed by atoms with E-state index in [1.165, 1.54) is 0 Å². The number of hydrogen-bond acceptors (Lipinski definition) is 11. The maximum Gasteiger partial charge on any atom is 0.374 e. The van der Waals surface area contributed by atoms with E-state index in [2.05, 4.69) is 178 Å². The zero-order valence-electron chi connectivity index (χ0n) is 45.5. The van der Waals surface area contributed by atoms with Crippen molar-refractivity contribution in [2.24, 2.45) is 13.0 Å². The van der Waals surface area contributed by atoms with Crippen LogP contribution in [-0.2, 0) is 31.0 Å². The predicted octanol–water partition coefficient (Wildman–Crippen LogP) is 13.6. The lowest BCUT2D eigenvalue weighted by Gasteiger charge is -2.34. The van der Waals surface area contributed by atoms with Crippen molar-refractivity contribution in [3.05, 3.63) is 246 Å². The van der Waals surface area contributed by atoms with Crippen molar-refractivity contribution in [2.45, 2.75) is 55.9 Å². The fourth-order valence-electron chi connectivity index (χ4n) is 11.3. The third-order valence-corrected chi connectivity index (χ3v) is 15.8. The van der Waals surface area contributed by atoms with Crippen LogP contribution in [0.4, 0.5) is 28.4 Å². The Morgan fingerprint density at radius 2 is 1.41 bits per heavy atom. The number of Topliss-reactive ketones (excluding diaryl/α,β-unsaturated/α-hetero) is 2. The first kappa shape index (κ1) is 53.2. The smallest absolute Gasteiger partial charge is 0.374 e. The van der Waals surface area contributed by atoms with Crippen LogP contribution in [0.2, 0.25) is 0 Å². The SMILES string of the molecule is CN1/C(=C\C2=CC(=C\C3=CC=C/C(=C\C4=CC(=C/c5oc6ccccc6[n+]5C)/c5ccccc5N4c4ccccc4)C3CCC(=O)NCCCCC(=O)OC3C(=O)CCC3=O)/N(c3ccccc3)c3ccccc32)Oc2ccc(S)cc21. The van der Waals surface area contributed by atoms with Gasteiger partial charge in [0.25, 0.3) is 5.52 Å². The summed E-state index contributed by atoms with van der Waals surface area (Å²) >= 11 is 4.63. The van der Waals surface area contributed by atoms with Gasteiger partial charge in [0.05, 0.1) is 23.1 Å². The molecule has 1 saturated carbocycles. The molecule has 3 aliphatic heterocycles. The van der Waals surface area contributed by atoms with E-state index in [1.54, 1.807) is 0 Å². The molecule has 0 saturated heterocycles. The van der Waals surface area contributed by atoms with Crippen LogP contribution in [0.25, 0.3) is 28.3 Å². The van der Waals surface area contributed by atoms with E-state index < -0.39 is 12.1 Å². The number of allylic oxidation sites excluding steroid dienone is 12. The minimum Gasteiger partial charge on any atom is -0.446 e. The molecular weight excluding hydrogens is 1040 g/mol. The van der Waals surface area contributed by atoms with Gasteiger partial charge >= 0.3 is 11.9 Å². The highest BCUT2D eigenvalue weighted by atomic mass is 32.1. The molecule has 1 fully saturated rings. The fraction of sp³-hybridized carbons (Fsp3) is 0.174. The highest BCUT2D eigenvalue weighted by molar-refractivity contribution is 7.80. The van der Waals surface area contributed by atoms with Gasteiger partial charge in [-0.15, -0.1) is 12.6 Å². The van der Waals surface area contributed by atoms with Crippen molar-refractivity contribution in [3.63, 3.8) is 0 Å². The molecule has 1 N–H and O–H groups in total. The van der Waals surface area contributed by atoms with E-state index in [0.717, 1.165) is 95.0 Å². The van der Waals surface area contributed by atoms with Crippen molar-refractivity contribution >= 4 is 92.8 Å². The van der Waals surface area contributed by atoms with E-state index in [4.69, 9.17) is 13.9 Å². The lowest BCUT2D eigenvalue weighted by atomic mass is 9.81. The van der Waals surface area contributed by atoms with Crippen molar-refractivity contribution < 1.29 is 37.6 Å². The van der Waals surface area contributed by atoms with Gasteiger partial charge in [0.2, 0.25) is 23.5 Å². The Bertz CT molecular complexity index is 3940. The maximum absolute atomic E-state index is 14.0. The number of carbonyl (C=O) groups is 4. The summed E-state index contributed by atoms with van der Waals surface area (Å²) in [6.07, 6.45) is 20.1. The second-order valence-corrected chi connectivity index (χ2v) is 21.4. The van der Waals surface area contributed by atoms with E-state index in [-0.39, 0.29) is 49.1 Å². The van der Waals surface area contributed by atoms with E-state index in [9.17, 15) is 19.2 Å². The number of oxazole rings is 1. The van der Waals surface area contributed by atoms with Gasteiger partial charge in [-0.3, -0.25) is 19.2 Å². The standard InChI is InChI=1S/C69H59N5O7S/c1-71-59-28-13-14-29-63(59)79-66(71)42-47-40-51(73(49-20-5-3-6-21-49)57-26-11-9-24-55(47)57)38-45-18-17-19-46(54(45)32-36-65(77)70-37-16-15-30-68(78)81-69-61(75)33-34-62(69)76)39-52-41-48(43-67-72(2)60-44-53(82)31-35-64(60)80-67)56-25-10-12-27-58(56)74(52)50-22-7-4-8-23-50/h3-14,17-29,31,35,38-44,54,69H,15-16,30,32-34,36-37H2,1-2H3,(H-,70,77,82)/p+1. The van der Waals surface area contributed by atoms with Crippen LogP contribution in [-0.4, -0.2) is 43.1 Å². The van der Waals surface area contributed by atoms with E-state index in [0.29, 0.717) is 37.6 Å². The minimum absolute atomic E-state index is 0.0400. The third kappa shape index (κ3) is 10.9. The number of carbonyl (C=O) groups excluding carboxylic acids is 4. The van der Waals surface area contributed by atoms with Crippen LogP contribution in [0.3, 0.4) is 0 Å². The first-order chi connectivity index (χ1) is 40.0. The largest absolute Gasteiger partial charge is 0.446 e. The molecule has 12 rings (SSSR count). The quantitative estimate of drug-likeness (QED) is 0.0337. The molecule has 7 aromatic rings. The number of nitrogens with one attached hydrogen (secondary N) is 1. The average molecular weight is 1100 g/mol. The van der Waals surface area contributed by atoms with Crippen LogP contribution in [0, 0.1) is 5.92 Å². The molecular formula is C69H60N5O7S+. The number of nitrogens with zero attached hydrogens (tertiary/aromatic N) is 4. The molecule has 4 heterocycles. The van der Waals surface area contributed by atoms with Crippen LogP contribution in [0.5, 0.6) is 5.75 Å². The number of anilines is 5. The number of benzene rings is 6. The third-order valence-electron chi connectivity index (χ3n) is 15.5. The molecule has 0 bridgehead atoms. The molecule has 408 valence electrons. The number of ketones is 2. The van der Waals surface area contributed by atoms with Gasteiger partial charge in [-0.1, -0.05) is 103 Å². The lowest BCUT2D eigenvalue weighted by Crippen LogP contribution is -2.29. The summed E-state index contributed by atoms with van der Waals surface area (Å²) in [5.74, 6) is 0.464. The Morgan fingerprint density at radius 3 is 2.17 bits per heavy atom. The highest BCUT2D eigenvalue weighted by Crippen LogP contribution is 2.47. The van der Waals surface area contributed by atoms with Gasteiger partial charge in [0.1, 0.15) is 7.05 Å². The molecule has 6 aromatic carbocycles. The van der Waals surface area contributed by atoms with E-state index >= 15 is 0 Å². The molecule has 0 radical (unpaired) electrons. The molecule has 1 atom stereocenters. The first-order valence-electron chi connectivity index (χ1n) is 27.8. The monoisotopic (exact) mass is 1100 g/mol. The molecule has 0 spiro atoms. The number of ether oxygens (including phenoxy) is 2. The molecule has 1 aromatic heterocycles. The first-order valence-corrected chi connectivity index (χ1v) is 28.2. The van der Waals surface area contributed by atoms with Crippen LogP contribution in [0.15, 0.2) is 238 Å². The van der Waals surface area contributed by atoms with Crippen LogP contribution < -0.4 is 29.3 Å². The molecule has 12 nitrogen and oxygen atoms in total. The normalized spacial score (nSPS) is 18.6. The number of thiol groups is 1. The number of para-hydroxylation sites is 6. The van der Waals surface area contributed by atoms with Gasteiger partial charge in [-0.05, 0) is 127 Å². The Balaban J connectivity index is 0.927. The predicted molar refractivity (Wildman–Crippen MR) is 324 cm³/mol. The molecule has 1 amide bonds. The summed E-state index contributed by atoms with van der Waals surface area (Å²) in [7, 11) is 4.02. The maximum atomic E-state index is 14.0. The minimum atomic E-state index is -1.29. The van der Waals surface area contributed by atoms with Crippen molar-refractivity contribution in [1.29, 1.82) is 0 Å². The summed E-state index contributed by atoms with van der Waals surface area (Å²) in [6.45, 7) is 0.345. The number of fused-ring (bicyclic) bond motifs is 4.